The average molecular weight is 229 g/mol. The van der Waals surface area contributed by atoms with Crippen LogP contribution in [-0.2, 0) is 0 Å². The molecular formula is C14H19N3. The molecule has 3 heteroatoms. The molecule has 2 unspecified atom stereocenters. The number of hydrogen-bond donors (Lipinski definition) is 0. The highest BCUT2D eigenvalue weighted by Crippen LogP contribution is 2.31. The number of anilines is 1. The monoisotopic (exact) mass is 229 g/mol. The molecule has 0 N–H and O–H groups in total. The Balaban J connectivity index is 2.48. The maximum atomic E-state index is 9.29. The van der Waals surface area contributed by atoms with Crippen LogP contribution in [0.2, 0.25) is 0 Å². The number of aryl methyl sites for hydroxylation is 2. The summed E-state index contributed by atoms with van der Waals surface area (Å²) in [5.41, 5.74) is 2.75. The van der Waals surface area contributed by atoms with Gasteiger partial charge in [-0.3, -0.25) is 0 Å². The van der Waals surface area contributed by atoms with Gasteiger partial charge in [-0.2, -0.15) is 5.26 Å². The van der Waals surface area contributed by atoms with Crippen LogP contribution < -0.4 is 4.90 Å². The van der Waals surface area contributed by atoms with Gasteiger partial charge in [0.15, 0.2) is 0 Å². The Bertz CT molecular complexity index is 473. The van der Waals surface area contributed by atoms with E-state index in [0.29, 0.717) is 12.0 Å². The third-order valence-corrected chi connectivity index (χ3v) is 3.49. The smallest absolute Gasteiger partial charge is 0.147 e. The van der Waals surface area contributed by atoms with Crippen molar-refractivity contribution >= 4 is 5.82 Å². The molecule has 0 radical (unpaired) electrons. The summed E-state index contributed by atoms with van der Waals surface area (Å²) in [5, 5.41) is 9.29. The van der Waals surface area contributed by atoms with Gasteiger partial charge >= 0.3 is 0 Å². The molecular weight excluding hydrogens is 210 g/mol. The molecule has 90 valence electrons. The van der Waals surface area contributed by atoms with Crippen LogP contribution in [0.5, 0.6) is 0 Å². The standard InChI is InChI=1S/C14H19N3/c1-9-5-12(4)17(8-9)14-13(7-15)10(2)6-11(3)16-14/h6,9,12H,5,8H2,1-4H3. The second-order valence-corrected chi connectivity index (χ2v) is 5.23. The molecule has 1 fully saturated rings. The van der Waals surface area contributed by atoms with Gasteiger partial charge in [-0.1, -0.05) is 6.92 Å². The zero-order chi connectivity index (χ0) is 12.6. The first-order chi connectivity index (χ1) is 8.02. The zero-order valence-electron chi connectivity index (χ0n) is 11.0. The normalized spacial score (nSPS) is 23.8. The molecule has 1 aliphatic rings. The highest BCUT2D eigenvalue weighted by atomic mass is 15.2. The van der Waals surface area contributed by atoms with Gasteiger partial charge in [-0.15, -0.1) is 0 Å². The summed E-state index contributed by atoms with van der Waals surface area (Å²) in [7, 11) is 0. The molecule has 0 spiro atoms. The molecule has 1 aliphatic heterocycles. The summed E-state index contributed by atoms with van der Waals surface area (Å²) in [6, 6.07) is 4.76. The summed E-state index contributed by atoms with van der Waals surface area (Å²) in [4.78, 5) is 6.86. The van der Waals surface area contributed by atoms with Crippen LogP contribution in [0.15, 0.2) is 6.07 Å². The van der Waals surface area contributed by atoms with E-state index in [2.05, 4.69) is 29.8 Å². The minimum atomic E-state index is 0.478. The molecule has 1 saturated heterocycles. The Kier molecular flexibility index (Phi) is 3.06. The van der Waals surface area contributed by atoms with E-state index in [0.717, 1.165) is 29.2 Å². The van der Waals surface area contributed by atoms with Crippen LogP contribution >= 0.6 is 0 Å². The second kappa shape index (κ2) is 4.37. The number of aromatic nitrogens is 1. The molecule has 0 amide bonds. The minimum absolute atomic E-state index is 0.478. The second-order valence-electron chi connectivity index (χ2n) is 5.23. The highest BCUT2D eigenvalue weighted by Gasteiger charge is 2.29. The summed E-state index contributed by atoms with van der Waals surface area (Å²) in [5.74, 6) is 1.56. The van der Waals surface area contributed by atoms with Crippen LogP contribution in [0.1, 0.15) is 37.1 Å². The van der Waals surface area contributed by atoms with Crippen molar-refractivity contribution in [1.82, 2.24) is 4.98 Å². The van der Waals surface area contributed by atoms with Crippen molar-refractivity contribution in [2.75, 3.05) is 11.4 Å². The quantitative estimate of drug-likeness (QED) is 0.743. The molecule has 0 aromatic carbocycles. The van der Waals surface area contributed by atoms with E-state index >= 15 is 0 Å². The van der Waals surface area contributed by atoms with E-state index in [1.807, 2.05) is 19.9 Å². The van der Waals surface area contributed by atoms with Gasteiger partial charge in [0.1, 0.15) is 11.9 Å². The molecule has 17 heavy (non-hydrogen) atoms. The third kappa shape index (κ3) is 2.12. The zero-order valence-corrected chi connectivity index (χ0v) is 11.0. The van der Waals surface area contributed by atoms with Crippen molar-refractivity contribution in [2.24, 2.45) is 5.92 Å². The van der Waals surface area contributed by atoms with Gasteiger partial charge in [0, 0.05) is 18.3 Å². The van der Waals surface area contributed by atoms with Gasteiger partial charge in [-0.05, 0) is 44.7 Å². The van der Waals surface area contributed by atoms with Crippen molar-refractivity contribution in [1.29, 1.82) is 5.26 Å². The van der Waals surface area contributed by atoms with E-state index < -0.39 is 0 Å². The summed E-state index contributed by atoms with van der Waals surface area (Å²) < 4.78 is 0. The van der Waals surface area contributed by atoms with Gasteiger partial charge < -0.3 is 4.90 Å². The minimum Gasteiger partial charge on any atom is -0.353 e. The van der Waals surface area contributed by atoms with E-state index in [4.69, 9.17) is 0 Å². The van der Waals surface area contributed by atoms with Crippen LogP contribution in [0.4, 0.5) is 5.82 Å². The van der Waals surface area contributed by atoms with Crippen molar-refractivity contribution in [3.05, 3.63) is 22.9 Å². The molecule has 0 aliphatic carbocycles. The topological polar surface area (TPSA) is 39.9 Å². The Morgan fingerprint density at radius 3 is 2.65 bits per heavy atom. The largest absolute Gasteiger partial charge is 0.353 e. The van der Waals surface area contributed by atoms with Gasteiger partial charge in [0.05, 0.1) is 5.56 Å². The number of nitrogens with zero attached hydrogens (tertiary/aromatic N) is 3. The molecule has 1 aromatic heterocycles. The Labute approximate surface area is 103 Å². The molecule has 1 aromatic rings. The van der Waals surface area contributed by atoms with Gasteiger partial charge in [0.25, 0.3) is 0 Å². The molecule has 2 heterocycles. The molecule has 2 rings (SSSR count). The Hall–Kier alpha value is -1.56. The van der Waals surface area contributed by atoms with E-state index in [1.54, 1.807) is 0 Å². The predicted octanol–water partition coefficient (Wildman–Crippen LogP) is 2.80. The number of pyridine rings is 1. The lowest BCUT2D eigenvalue weighted by Gasteiger charge is -2.24. The fourth-order valence-corrected chi connectivity index (χ4v) is 2.76. The molecule has 2 atom stereocenters. The van der Waals surface area contributed by atoms with Crippen LogP contribution in [0.3, 0.4) is 0 Å². The lowest BCUT2D eigenvalue weighted by molar-refractivity contribution is 0.625. The fourth-order valence-electron chi connectivity index (χ4n) is 2.76. The molecule has 0 bridgehead atoms. The third-order valence-electron chi connectivity index (χ3n) is 3.49. The number of hydrogen-bond acceptors (Lipinski definition) is 3. The maximum Gasteiger partial charge on any atom is 0.147 e. The van der Waals surface area contributed by atoms with E-state index in [1.165, 1.54) is 6.42 Å². The number of nitriles is 1. The highest BCUT2D eigenvalue weighted by molar-refractivity contribution is 5.59. The van der Waals surface area contributed by atoms with Crippen LogP contribution in [-0.4, -0.2) is 17.6 Å². The summed E-state index contributed by atoms with van der Waals surface area (Å²) in [6.45, 7) is 9.45. The van der Waals surface area contributed by atoms with Crippen molar-refractivity contribution in [2.45, 2.75) is 40.2 Å². The predicted molar refractivity (Wildman–Crippen MR) is 69.0 cm³/mol. The Morgan fingerprint density at radius 1 is 1.41 bits per heavy atom. The summed E-state index contributed by atoms with van der Waals surface area (Å²) >= 11 is 0. The first kappa shape index (κ1) is 11.9. The van der Waals surface area contributed by atoms with E-state index in [9.17, 15) is 5.26 Å². The SMILES string of the molecule is Cc1cc(C)c(C#N)c(N2CC(C)CC2C)n1. The molecule has 0 saturated carbocycles. The van der Waals surface area contributed by atoms with Gasteiger partial charge in [-0.25, -0.2) is 4.98 Å². The van der Waals surface area contributed by atoms with Crippen molar-refractivity contribution in [3.63, 3.8) is 0 Å². The van der Waals surface area contributed by atoms with Crippen LogP contribution in [0.25, 0.3) is 0 Å². The van der Waals surface area contributed by atoms with E-state index in [-0.39, 0.29) is 0 Å². The van der Waals surface area contributed by atoms with Crippen molar-refractivity contribution < 1.29 is 0 Å². The summed E-state index contributed by atoms with van der Waals surface area (Å²) in [6.07, 6.45) is 1.18. The first-order valence-corrected chi connectivity index (χ1v) is 6.18. The lowest BCUT2D eigenvalue weighted by Crippen LogP contribution is -2.28. The van der Waals surface area contributed by atoms with Crippen molar-refractivity contribution in [3.8, 4) is 6.07 Å². The average Bonchev–Trinajstić information content (AvgIpc) is 2.56. The van der Waals surface area contributed by atoms with Crippen LogP contribution in [0, 0.1) is 31.1 Å². The first-order valence-electron chi connectivity index (χ1n) is 6.18. The molecule has 3 nitrogen and oxygen atoms in total. The van der Waals surface area contributed by atoms with Gasteiger partial charge in [0.2, 0.25) is 0 Å². The number of rotatable bonds is 1. The fraction of sp³-hybridized carbons (Fsp3) is 0.571. The maximum absolute atomic E-state index is 9.29. The lowest BCUT2D eigenvalue weighted by atomic mass is 10.1. The Morgan fingerprint density at radius 2 is 2.12 bits per heavy atom.